The third kappa shape index (κ3) is 4.60. The van der Waals surface area contributed by atoms with Gasteiger partial charge >= 0.3 is 5.97 Å². The van der Waals surface area contributed by atoms with Crippen molar-refractivity contribution in [2.24, 2.45) is 0 Å². The van der Waals surface area contributed by atoms with E-state index in [-0.39, 0.29) is 18.7 Å². The summed E-state index contributed by atoms with van der Waals surface area (Å²) in [5, 5.41) is 12.2. The van der Waals surface area contributed by atoms with Crippen LogP contribution in [-0.4, -0.2) is 41.7 Å². The maximum Gasteiger partial charge on any atom is 0.330 e. The lowest BCUT2D eigenvalue weighted by molar-refractivity contribution is -0.146. The number of hydrogen-bond acceptors (Lipinski definition) is 4. The maximum absolute atomic E-state index is 13.8. The number of ether oxygens (including phenoxy) is 1. The number of halogens is 2. The van der Waals surface area contributed by atoms with Crippen LogP contribution in [0, 0.1) is 11.6 Å². The number of carbonyl (C=O) groups is 2. The predicted octanol–water partition coefficient (Wildman–Crippen LogP) is 2.70. The van der Waals surface area contributed by atoms with E-state index in [1.54, 1.807) is 18.2 Å². The molecular weight excluding hydrogens is 382 g/mol. The quantitative estimate of drug-likeness (QED) is 0.530. The Kier molecular flexibility index (Phi) is 6.23. The monoisotopic (exact) mass is 402 g/mol. The summed E-state index contributed by atoms with van der Waals surface area (Å²) in [7, 11) is 1.16. The molecule has 0 bridgehead atoms. The largest absolute Gasteiger partial charge is 0.467 e. The zero-order chi connectivity index (χ0) is 21.0. The van der Waals surface area contributed by atoms with Gasteiger partial charge in [-0.2, -0.15) is 0 Å². The molecule has 1 amide bonds. The van der Waals surface area contributed by atoms with E-state index in [1.807, 2.05) is 0 Å². The van der Waals surface area contributed by atoms with Crippen molar-refractivity contribution >= 4 is 22.8 Å². The Morgan fingerprint density at radius 3 is 2.48 bits per heavy atom. The molecule has 0 spiro atoms. The van der Waals surface area contributed by atoms with Gasteiger partial charge in [0, 0.05) is 23.0 Å². The minimum absolute atomic E-state index is 0.00877. The number of aromatic nitrogens is 1. The fraction of sp³-hybridized carbons (Fsp3) is 0.238. The Morgan fingerprint density at radius 1 is 1.14 bits per heavy atom. The first kappa shape index (κ1) is 20.5. The van der Waals surface area contributed by atoms with Gasteiger partial charge in [-0.05, 0) is 60.0 Å². The van der Waals surface area contributed by atoms with E-state index >= 15 is 0 Å². The van der Waals surface area contributed by atoms with E-state index in [1.165, 1.54) is 24.3 Å². The van der Waals surface area contributed by atoms with Crippen LogP contribution >= 0.6 is 0 Å². The first-order chi connectivity index (χ1) is 13.9. The van der Waals surface area contributed by atoms with Crippen LogP contribution < -0.4 is 5.32 Å². The maximum atomic E-state index is 13.8. The number of aliphatic hydroxyl groups is 1. The predicted molar refractivity (Wildman–Crippen MR) is 103 cm³/mol. The SMILES string of the molecule is COC(=O)[C@H](CO)NC(=O)CCc1c(-c2ccc(F)cc2)[nH]c2ccc(F)cc12. The second kappa shape index (κ2) is 8.83. The minimum Gasteiger partial charge on any atom is -0.467 e. The first-order valence-electron chi connectivity index (χ1n) is 8.97. The number of aliphatic hydroxyl groups excluding tert-OH is 1. The van der Waals surface area contributed by atoms with Crippen LogP contribution in [0.25, 0.3) is 22.2 Å². The molecule has 29 heavy (non-hydrogen) atoms. The topological polar surface area (TPSA) is 91.4 Å². The number of hydrogen-bond donors (Lipinski definition) is 3. The van der Waals surface area contributed by atoms with Gasteiger partial charge in [0.1, 0.15) is 11.6 Å². The van der Waals surface area contributed by atoms with Gasteiger partial charge in [-0.3, -0.25) is 4.79 Å². The Morgan fingerprint density at radius 2 is 1.83 bits per heavy atom. The van der Waals surface area contributed by atoms with Gasteiger partial charge in [-0.25, -0.2) is 13.6 Å². The van der Waals surface area contributed by atoms with Crippen LogP contribution in [0.15, 0.2) is 42.5 Å². The third-order valence-electron chi connectivity index (χ3n) is 4.61. The van der Waals surface area contributed by atoms with Crippen LogP contribution in [0.2, 0.25) is 0 Å². The molecule has 2 aromatic carbocycles. The molecule has 8 heteroatoms. The number of amides is 1. The molecule has 0 aliphatic carbocycles. The fourth-order valence-corrected chi connectivity index (χ4v) is 3.17. The van der Waals surface area contributed by atoms with Gasteiger partial charge in [0.05, 0.1) is 13.7 Å². The van der Waals surface area contributed by atoms with Crippen molar-refractivity contribution in [2.75, 3.05) is 13.7 Å². The molecule has 3 N–H and O–H groups in total. The van der Waals surface area contributed by atoms with Gasteiger partial charge in [-0.15, -0.1) is 0 Å². The van der Waals surface area contributed by atoms with Crippen molar-refractivity contribution in [2.45, 2.75) is 18.9 Å². The highest BCUT2D eigenvalue weighted by molar-refractivity contribution is 5.92. The number of esters is 1. The van der Waals surface area contributed by atoms with Gasteiger partial charge in [-0.1, -0.05) is 0 Å². The van der Waals surface area contributed by atoms with Gasteiger partial charge in [0.25, 0.3) is 0 Å². The molecule has 0 saturated carbocycles. The number of aryl methyl sites for hydroxylation is 1. The van der Waals surface area contributed by atoms with E-state index in [0.29, 0.717) is 27.7 Å². The summed E-state index contributed by atoms with van der Waals surface area (Å²) in [4.78, 5) is 27.0. The van der Waals surface area contributed by atoms with Crippen molar-refractivity contribution < 1.29 is 28.2 Å². The summed E-state index contributed by atoms with van der Waals surface area (Å²) < 4.78 is 31.6. The zero-order valence-corrected chi connectivity index (χ0v) is 15.7. The van der Waals surface area contributed by atoms with E-state index < -0.39 is 30.3 Å². The lowest BCUT2D eigenvalue weighted by Crippen LogP contribution is -2.44. The molecule has 0 aliphatic heterocycles. The summed E-state index contributed by atoms with van der Waals surface area (Å²) >= 11 is 0. The molecule has 3 aromatic rings. The molecule has 3 rings (SSSR count). The lowest BCUT2D eigenvalue weighted by atomic mass is 10.0. The molecule has 0 unspecified atom stereocenters. The van der Waals surface area contributed by atoms with Gasteiger partial charge < -0.3 is 20.1 Å². The molecule has 0 fully saturated rings. The lowest BCUT2D eigenvalue weighted by Gasteiger charge is -2.14. The summed E-state index contributed by atoms with van der Waals surface area (Å²) in [6.45, 7) is -0.586. The van der Waals surface area contributed by atoms with Gasteiger partial charge in [0.2, 0.25) is 5.91 Å². The molecule has 1 heterocycles. The number of aromatic amines is 1. The standard InChI is InChI=1S/C21H20F2N2O4/c1-29-21(28)18(11-26)24-19(27)9-7-15-16-10-14(23)6-8-17(16)25-20(15)12-2-4-13(22)5-3-12/h2-6,8,10,18,25-26H,7,9,11H2,1H3,(H,24,27)/t18-/m0/s1. The number of benzene rings is 2. The molecule has 1 aromatic heterocycles. The molecule has 0 saturated heterocycles. The van der Waals surface area contributed by atoms with Crippen molar-refractivity contribution in [3.8, 4) is 11.3 Å². The van der Waals surface area contributed by atoms with Crippen molar-refractivity contribution in [3.63, 3.8) is 0 Å². The first-order valence-corrected chi connectivity index (χ1v) is 8.97. The minimum atomic E-state index is -1.15. The Labute approximate surface area is 165 Å². The van der Waals surface area contributed by atoms with Crippen LogP contribution in [0.1, 0.15) is 12.0 Å². The average molecular weight is 402 g/mol. The van der Waals surface area contributed by atoms with Crippen molar-refractivity contribution in [1.29, 1.82) is 0 Å². The fourth-order valence-electron chi connectivity index (χ4n) is 3.17. The molecular formula is C21H20F2N2O4. The number of H-pyrrole nitrogens is 1. The second-order valence-corrected chi connectivity index (χ2v) is 6.50. The number of nitrogens with one attached hydrogen (secondary N) is 2. The highest BCUT2D eigenvalue weighted by Crippen LogP contribution is 2.32. The third-order valence-corrected chi connectivity index (χ3v) is 4.61. The molecule has 1 atom stereocenters. The van der Waals surface area contributed by atoms with Crippen LogP contribution in [0.4, 0.5) is 8.78 Å². The molecule has 152 valence electrons. The Balaban J connectivity index is 1.88. The van der Waals surface area contributed by atoms with Gasteiger partial charge in [0.15, 0.2) is 6.04 Å². The summed E-state index contributed by atoms with van der Waals surface area (Å²) in [6.07, 6.45) is 0.229. The van der Waals surface area contributed by atoms with Crippen LogP contribution in [0.3, 0.4) is 0 Å². The second-order valence-electron chi connectivity index (χ2n) is 6.50. The van der Waals surface area contributed by atoms with E-state index in [0.717, 1.165) is 7.11 Å². The summed E-state index contributed by atoms with van der Waals surface area (Å²) in [6, 6.07) is 8.98. The van der Waals surface area contributed by atoms with Crippen LogP contribution in [0.5, 0.6) is 0 Å². The smallest absolute Gasteiger partial charge is 0.330 e. The number of rotatable bonds is 7. The average Bonchev–Trinajstić information content (AvgIpc) is 3.08. The highest BCUT2D eigenvalue weighted by atomic mass is 19.1. The number of fused-ring (bicyclic) bond motifs is 1. The molecule has 0 aliphatic rings. The van der Waals surface area contributed by atoms with Crippen LogP contribution in [-0.2, 0) is 20.7 Å². The number of carbonyl (C=O) groups excluding carboxylic acids is 2. The summed E-state index contributed by atoms with van der Waals surface area (Å²) in [5.41, 5.74) is 2.73. The van der Waals surface area contributed by atoms with E-state index in [4.69, 9.17) is 0 Å². The van der Waals surface area contributed by atoms with Crippen molar-refractivity contribution in [3.05, 3.63) is 59.7 Å². The number of methoxy groups -OCH3 is 1. The molecule has 6 nitrogen and oxygen atoms in total. The zero-order valence-electron chi connectivity index (χ0n) is 15.7. The molecule has 0 radical (unpaired) electrons. The van der Waals surface area contributed by atoms with E-state index in [9.17, 15) is 23.5 Å². The van der Waals surface area contributed by atoms with E-state index in [2.05, 4.69) is 15.0 Å². The highest BCUT2D eigenvalue weighted by Gasteiger charge is 2.21. The normalized spacial score (nSPS) is 12.0. The Bertz CT molecular complexity index is 1030. The van der Waals surface area contributed by atoms with Crippen molar-refractivity contribution in [1.82, 2.24) is 10.3 Å². The Hall–Kier alpha value is -3.26. The summed E-state index contributed by atoms with van der Waals surface area (Å²) in [5.74, 6) is -2.01.